The molecule has 0 radical (unpaired) electrons. The quantitative estimate of drug-likeness (QED) is 0.557. The van der Waals surface area contributed by atoms with E-state index in [2.05, 4.69) is 0 Å². The maximum Gasteiger partial charge on any atom is 0.419 e. The Morgan fingerprint density at radius 3 is 2.06 bits per heavy atom. The first-order chi connectivity index (χ1) is 7.36. The Kier molecular flexibility index (Phi) is 3.52. The molecule has 86 valence electrons. The molecule has 4 heteroatoms. The van der Waals surface area contributed by atoms with Gasteiger partial charge < -0.3 is 0 Å². The molecule has 1 nitrogen and oxygen atoms in total. The van der Waals surface area contributed by atoms with E-state index in [0.717, 1.165) is 11.6 Å². The average molecular weight is 228 g/mol. The zero-order valence-electron chi connectivity index (χ0n) is 8.93. The van der Waals surface area contributed by atoms with Gasteiger partial charge in [0.05, 0.1) is 5.57 Å². The lowest BCUT2D eigenvalue weighted by Crippen LogP contribution is -2.20. The molecule has 0 spiro atoms. The first kappa shape index (κ1) is 12.5. The number of carbonyl (C=O) groups excluding carboxylic acids is 1. The molecular formula is C12H11F3O. The summed E-state index contributed by atoms with van der Waals surface area (Å²) < 4.78 is 37.3. The number of aryl methyl sites for hydroxylation is 1. The van der Waals surface area contributed by atoms with Crippen LogP contribution >= 0.6 is 0 Å². The van der Waals surface area contributed by atoms with Gasteiger partial charge in [-0.3, -0.25) is 4.79 Å². The van der Waals surface area contributed by atoms with Crippen molar-refractivity contribution in [3.05, 3.63) is 47.0 Å². The highest BCUT2D eigenvalue weighted by atomic mass is 19.4. The SMILES string of the molecule is C/C=C(/C(=O)c1ccc(C)cc1)C(F)(F)F. The van der Waals surface area contributed by atoms with Crippen molar-refractivity contribution in [1.29, 1.82) is 0 Å². The molecule has 0 aliphatic carbocycles. The van der Waals surface area contributed by atoms with E-state index in [4.69, 9.17) is 0 Å². The van der Waals surface area contributed by atoms with E-state index in [-0.39, 0.29) is 5.56 Å². The van der Waals surface area contributed by atoms with Crippen molar-refractivity contribution < 1.29 is 18.0 Å². The summed E-state index contributed by atoms with van der Waals surface area (Å²) in [5, 5.41) is 0. The number of hydrogen-bond acceptors (Lipinski definition) is 1. The molecule has 0 amide bonds. The van der Waals surface area contributed by atoms with Crippen LogP contribution in [0.3, 0.4) is 0 Å². The summed E-state index contributed by atoms with van der Waals surface area (Å²) >= 11 is 0. The second kappa shape index (κ2) is 4.51. The average Bonchev–Trinajstić information content (AvgIpc) is 2.17. The van der Waals surface area contributed by atoms with Crippen molar-refractivity contribution in [1.82, 2.24) is 0 Å². The number of alkyl halides is 3. The predicted molar refractivity (Wildman–Crippen MR) is 55.3 cm³/mol. The van der Waals surface area contributed by atoms with Crippen LogP contribution in [0.1, 0.15) is 22.8 Å². The highest BCUT2D eigenvalue weighted by Gasteiger charge is 2.37. The van der Waals surface area contributed by atoms with E-state index in [1.54, 1.807) is 19.1 Å². The third kappa shape index (κ3) is 2.72. The molecule has 0 bridgehead atoms. The highest BCUT2D eigenvalue weighted by molar-refractivity contribution is 6.09. The van der Waals surface area contributed by atoms with Gasteiger partial charge in [-0.2, -0.15) is 13.2 Å². The highest BCUT2D eigenvalue weighted by Crippen LogP contribution is 2.28. The molecular weight excluding hydrogens is 217 g/mol. The van der Waals surface area contributed by atoms with Crippen molar-refractivity contribution in [3.8, 4) is 0 Å². The summed E-state index contributed by atoms with van der Waals surface area (Å²) in [6.07, 6.45) is -3.81. The Bertz CT molecular complexity index is 413. The molecule has 0 saturated heterocycles. The number of benzene rings is 1. The van der Waals surface area contributed by atoms with E-state index in [1.165, 1.54) is 19.1 Å². The standard InChI is InChI=1S/C12H11F3O/c1-3-10(12(13,14)15)11(16)9-6-4-8(2)5-7-9/h3-7H,1-2H3/b10-3-. The number of carbonyl (C=O) groups is 1. The Hall–Kier alpha value is -1.58. The fourth-order valence-corrected chi connectivity index (χ4v) is 1.28. The minimum Gasteiger partial charge on any atom is -0.289 e. The molecule has 1 rings (SSSR count). The van der Waals surface area contributed by atoms with Gasteiger partial charge in [0, 0.05) is 5.56 Å². The van der Waals surface area contributed by atoms with Crippen LogP contribution in [0, 0.1) is 6.92 Å². The van der Waals surface area contributed by atoms with Gasteiger partial charge in [-0.25, -0.2) is 0 Å². The van der Waals surface area contributed by atoms with Gasteiger partial charge >= 0.3 is 6.18 Å². The molecule has 0 aliphatic heterocycles. The smallest absolute Gasteiger partial charge is 0.289 e. The lowest BCUT2D eigenvalue weighted by Gasteiger charge is -2.10. The molecule has 0 atom stereocenters. The van der Waals surface area contributed by atoms with Crippen molar-refractivity contribution in [2.45, 2.75) is 20.0 Å². The fourth-order valence-electron chi connectivity index (χ4n) is 1.28. The number of hydrogen-bond donors (Lipinski definition) is 0. The molecule has 1 aromatic rings. The predicted octanol–water partition coefficient (Wildman–Crippen LogP) is 3.69. The molecule has 16 heavy (non-hydrogen) atoms. The molecule has 0 unspecified atom stereocenters. The largest absolute Gasteiger partial charge is 0.419 e. The minimum atomic E-state index is -4.60. The molecule has 0 saturated carbocycles. The number of rotatable bonds is 2. The van der Waals surface area contributed by atoms with Gasteiger partial charge in [0.15, 0.2) is 5.78 Å². The van der Waals surface area contributed by atoms with Crippen molar-refractivity contribution >= 4 is 5.78 Å². The van der Waals surface area contributed by atoms with Gasteiger partial charge in [0.1, 0.15) is 0 Å². The summed E-state index contributed by atoms with van der Waals surface area (Å²) in [5.74, 6) is -0.991. The zero-order chi connectivity index (χ0) is 12.3. The van der Waals surface area contributed by atoms with E-state index in [1.807, 2.05) is 0 Å². The van der Waals surface area contributed by atoms with Crippen LogP contribution in [0.25, 0.3) is 0 Å². The van der Waals surface area contributed by atoms with Crippen LogP contribution in [0.2, 0.25) is 0 Å². The monoisotopic (exact) mass is 228 g/mol. The topological polar surface area (TPSA) is 17.1 Å². The first-order valence-electron chi connectivity index (χ1n) is 4.71. The van der Waals surface area contributed by atoms with Gasteiger partial charge in [-0.15, -0.1) is 0 Å². The van der Waals surface area contributed by atoms with Crippen molar-refractivity contribution in [2.24, 2.45) is 0 Å². The summed E-state index contributed by atoms with van der Waals surface area (Å²) in [7, 11) is 0. The van der Waals surface area contributed by atoms with Crippen LogP contribution < -0.4 is 0 Å². The second-order valence-corrected chi connectivity index (χ2v) is 3.40. The van der Waals surface area contributed by atoms with E-state index in [0.29, 0.717) is 0 Å². The number of halogens is 3. The number of allylic oxidation sites excluding steroid dienone is 2. The van der Waals surface area contributed by atoms with Crippen LogP contribution in [0.5, 0.6) is 0 Å². The fraction of sp³-hybridized carbons (Fsp3) is 0.250. The molecule has 0 fully saturated rings. The van der Waals surface area contributed by atoms with Crippen molar-refractivity contribution in [3.63, 3.8) is 0 Å². The van der Waals surface area contributed by atoms with Crippen LogP contribution in [-0.2, 0) is 0 Å². The first-order valence-corrected chi connectivity index (χ1v) is 4.71. The lowest BCUT2D eigenvalue weighted by atomic mass is 10.0. The summed E-state index contributed by atoms with van der Waals surface area (Å²) in [6.45, 7) is 3.00. The zero-order valence-corrected chi connectivity index (χ0v) is 8.93. The van der Waals surface area contributed by atoms with Gasteiger partial charge in [0.25, 0.3) is 0 Å². The van der Waals surface area contributed by atoms with Crippen LogP contribution in [0.15, 0.2) is 35.9 Å². The Labute approximate surface area is 91.6 Å². The van der Waals surface area contributed by atoms with Gasteiger partial charge in [-0.05, 0) is 13.8 Å². The van der Waals surface area contributed by atoms with Crippen molar-refractivity contribution in [2.75, 3.05) is 0 Å². The van der Waals surface area contributed by atoms with Gasteiger partial charge in [-0.1, -0.05) is 35.9 Å². The van der Waals surface area contributed by atoms with E-state index >= 15 is 0 Å². The molecule has 0 N–H and O–H groups in total. The Morgan fingerprint density at radius 1 is 1.19 bits per heavy atom. The molecule has 0 heterocycles. The maximum absolute atomic E-state index is 12.4. The summed E-state index contributed by atoms with van der Waals surface area (Å²) in [5.41, 5.74) is -0.182. The third-order valence-corrected chi connectivity index (χ3v) is 2.15. The molecule has 1 aromatic carbocycles. The summed E-state index contributed by atoms with van der Waals surface area (Å²) in [6, 6.07) is 6.01. The molecule has 0 aliphatic rings. The number of ketones is 1. The Balaban J connectivity index is 3.07. The van der Waals surface area contributed by atoms with E-state index < -0.39 is 17.5 Å². The van der Waals surface area contributed by atoms with Gasteiger partial charge in [0.2, 0.25) is 0 Å². The lowest BCUT2D eigenvalue weighted by molar-refractivity contribution is -0.0888. The third-order valence-electron chi connectivity index (χ3n) is 2.15. The number of Topliss-reactive ketones (excluding diaryl/α,β-unsaturated/α-hetero) is 1. The second-order valence-electron chi connectivity index (χ2n) is 3.40. The summed E-state index contributed by atoms with van der Waals surface area (Å²) in [4.78, 5) is 11.5. The minimum absolute atomic E-state index is 0.0519. The van der Waals surface area contributed by atoms with Crippen LogP contribution in [0.4, 0.5) is 13.2 Å². The van der Waals surface area contributed by atoms with E-state index in [9.17, 15) is 18.0 Å². The maximum atomic E-state index is 12.4. The normalized spacial score (nSPS) is 12.7. The molecule has 0 aromatic heterocycles. The van der Waals surface area contributed by atoms with Crippen LogP contribution in [-0.4, -0.2) is 12.0 Å². The Morgan fingerprint density at radius 2 is 1.69 bits per heavy atom.